The summed E-state index contributed by atoms with van der Waals surface area (Å²) in [5.41, 5.74) is 0. The lowest BCUT2D eigenvalue weighted by molar-refractivity contribution is -0.141. The minimum Gasteiger partial charge on any atom is -0.445 e. The highest BCUT2D eigenvalue weighted by atomic mass is 28.4. The Morgan fingerprint density at radius 3 is 2.39 bits per heavy atom. The SMILES string of the molecule is C=CCOC(=O)N1CCC(CC(=O)C[C@H]2NC(=O)[C@@H]2[C@@H](C)O[Si](C)(C)C(C)(C)C)CC1. The van der Waals surface area contributed by atoms with E-state index in [1.54, 1.807) is 11.0 Å². The molecular formula is C23H40N2O5Si. The molecule has 0 aromatic heterocycles. The van der Waals surface area contributed by atoms with Gasteiger partial charge in [0.15, 0.2) is 8.32 Å². The number of Topliss-reactive ketones (excluding diaryl/α,β-unsaturated/α-hetero) is 1. The Bertz CT molecular complexity index is 680. The van der Waals surface area contributed by atoms with Crippen LogP contribution < -0.4 is 5.32 Å². The molecule has 2 saturated heterocycles. The first-order valence-electron chi connectivity index (χ1n) is 11.4. The zero-order valence-corrected chi connectivity index (χ0v) is 21.0. The van der Waals surface area contributed by atoms with Crippen LogP contribution >= 0.6 is 0 Å². The van der Waals surface area contributed by atoms with Crippen molar-refractivity contribution in [3.8, 4) is 0 Å². The number of amides is 2. The summed E-state index contributed by atoms with van der Waals surface area (Å²) in [5.74, 6) is 0.156. The number of piperidine rings is 1. The molecule has 31 heavy (non-hydrogen) atoms. The molecule has 0 aliphatic carbocycles. The molecule has 0 aromatic carbocycles. The fourth-order valence-electron chi connectivity index (χ4n) is 4.08. The summed E-state index contributed by atoms with van der Waals surface area (Å²) in [6.07, 6.45) is 3.46. The summed E-state index contributed by atoms with van der Waals surface area (Å²) in [6, 6.07) is -0.145. The van der Waals surface area contributed by atoms with E-state index in [0.717, 1.165) is 12.8 Å². The van der Waals surface area contributed by atoms with Crippen LogP contribution in [0.4, 0.5) is 4.79 Å². The van der Waals surface area contributed by atoms with Gasteiger partial charge in [-0.3, -0.25) is 9.59 Å². The molecule has 2 fully saturated rings. The molecular weight excluding hydrogens is 412 g/mol. The molecule has 0 saturated carbocycles. The average molecular weight is 453 g/mol. The predicted octanol–water partition coefficient (Wildman–Crippen LogP) is 3.90. The summed E-state index contributed by atoms with van der Waals surface area (Å²) in [6.45, 7) is 17.8. The van der Waals surface area contributed by atoms with Gasteiger partial charge in [-0.05, 0) is 43.8 Å². The lowest BCUT2D eigenvalue weighted by atomic mass is 9.81. The monoisotopic (exact) mass is 452 g/mol. The predicted molar refractivity (Wildman–Crippen MR) is 123 cm³/mol. The van der Waals surface area contributed by atoms with Crippen LogP contribution in [0.5, 0.6) is 0 Å². The van der Waals surface area contributed by atoms with E-state index in [0.29, 0.717) is 25.9 Å². The zero-order valence-electron chi connectivity index (χ0n) is 20.0. The van der Waals surface area contributed by atoms with Crippen molar-refractivity contribution in [1.82, 2.24) is 10.2 Å². The van der Waals surface area contributed by atoms with E-state index in [9.17, 15) is 14.4 Å². The van der Waals surface area contributed by atoms with Crippen LogP contribution in [0.3, 0.4) is 0 Å². The van der Waals surface area contributed by atoms with Crippen LogP contribution in [0.2, 0.25) is 18.1 Å². The third-order valence-electron chi connectivity index (χ3n) is 7.02. The molecule has 0 aromatic rings. The first kappa shape index (κ1) is 25.6. The number of nitrogens with zero attached hydrogens (tertiary/aromatic N) is 1. The number of ether oxygens (including phenoxy) is 1. The third kappa shape index (κ3) is 6.65. The number of nitrogens with one attached hydrogen (secondary N) is 1. The highest BCUT2D eigenvalue weighted by Crippen LogP contribution is 2.39. The number of carbonyl (C=O) groups excluding carboxylic acids is 3. The number of hydrogen-bond acceptors (Lipinski definition) is 5. The quantitative estimate of drug-likeness (QED) is 0.326. The van der Waals surface area contributed by atoms with Gasteiger partial charge in [-0.2, -0.15) is 0 Å². The van der Waals surface area contributed by atoms with Crippen molar-refractivity contribution in [1.29, 1.82) is 0 Å². The molecule has 1 N–H and O–H groups in total. The van der Waals surface area contributed by atoms with E-state index in [1.807, 2.05) is 6.92 Å². The van der Waals surface area contributed by atoms with Gasteiger partial charge in [0.1, 0.15) is 12.4 Å². The first-order valence-corrected chi connectivity index (χ1v) is 14.3. The number of likely N-dealkylation sites (tertiary alicyclic amines) is 1. The number of carbonyl (C=O) groups is 3. The van der Waals surface area contributed by atoms with Crippen molar-refractivity contribution in [3.63, 3.8) is 0 Å². The molecule has 2 amide bonds. The summed E-state index contributed by atoms with van der Waals surface area (Å²) in [5, 5.41) is 2.98. The second-order valence-electron chi connectivity index (χ2n) is 10.5. The second-order valence-corrected chi connectivity index (χ2v) is 15.2. The zero-order chi connectivity index (χ0) is 23.4. The Morgan fingerprint density at radius 1 is 1.26 bits per heavy atom. The normalized spacial score (nSPS) is 23.5. The Balaban J connectivity index is 1.80. The van der Waals surface area contributed by atoms with E-state index >= 15 is 0 Å². The molecule has 2 rings (SSSR count). The maximum absolute atomic E-state index is 12.7. The summed E-state index contributed by atoms with van der Waals surface area (Å²) in [4.78, 5) is 38.5. The van der Waals surface area contributed by atoms with Gasteiger partial charge in [0.2, 0.25) is 5.91 Å². The van der Waals surface area contributed by atoms with E-state index in [2.05, 4.69) is 45.8 Å². The molecule has 2 aliphatic heterocycles. The molecule has 7 nitrogen and oxygen atoms in total. The topological polar surface area (TPSA) is 84.9 Å². The molecule has 0 unspecified atom stereocenters. The fraction of sp³-hybridized carbons (Fsp3) is 0.783. The Labute approximate surface area is 188 Å². The van der Waals surface area contributed by atoms with E-state index in [-0.39, 0.29) is 53.4 Å². The van der Waals surface area contributed by atoms with Crippen LogP contribution in [0.15, 0.2) is 12.7 Å². The Hall–Kier alpha value is -1.67. The Kier molecular flexibility index (Phi) is 8.50. The highest BCUT2D eigenvalue weighted by molar-refractivity contribution is 6.74. The van der Waals surface area contributed by atoms with Crippen LogP contribution in [-0.4, -0.2) is 62.8 Å². The van der Waals surface area contributed by atoms with Gasteiger partial charge in [0.25, 0.3) is 0 Å². The number of β-lactam (4-membered cyclic amide) rings is 1. The van der Waals surface area contributed by atoms with Gasteiger partial charge in [0.05, 0.1) is 12.0 Å². The summed E-state index contributed by atoms with van der Waals surface area (Å²) in [7, 11) is -1.98. The van der Waals surface area contributed by atoms with Crippen LogP contribution in [0.1, 0.15) is 53.4 Å². The van der Waals surface area contributed by atoms with Crippen molar-refractivity contribution < 1.29 is 23.5 Å². The molecule has 2 aliphatic rings. The van der Waals surface area contributed by atoms with Crippen molar-refractivity contribution in [3.05, 3.63) is 12.7 Å². The fourth-order valence-corrected chi connectivity index (χ4v) is 5.51. The van der Waals surface area contributed by atoms with Gasteiger partial charge >= 0.3 is 6.09 Å². The van der Waals surface area contributed by atoms with Crippen molar-refractivity contribution in [2.45, 2.75) is 83.7 Å². The second kappa shape index (κ2) is 10.3. The first-order chi connectivity index (χ1) is 14.4. The highest BCUT2D eigenvalue weighted by Gasteiger charge is 2.47. The van der Waals surface area contributed by atoms with Crippen LogP contribution in [-0.2, 0) is 18.8 Å². The number of ketones is 1. The number of hydrogen-bond donors (Lipinski definition) is 1. The number of rotatable bonds is 9. The van der Waals surface area contributed by atoms with Gasteiger partial charge in [-0.15, -0.1) is 0 Å². The lowest BCUT2D eigenvalue weighted by Gasteiger charge is -2.45. The van der Waals surface area contributed by atoms with Crippen molar-refractivity contribution in [2.24, 2.45) is 11.8 Å². The van der Waals surface area contributed by atoms with E-state index in [4.69, 9.17) is 9.16 Å². The Morgan fingerprint density at radius 2 is 1.87 bits per heavy atom. The maximum Gasteiger partial charge on any atom is 0.410 e. The van der Waals surface area contributed by atoms with E-state index in [1.165, 1.54) is 0 Å². The summed E-state index contributed by atoms with van der Waals surface area (Å²) < 4.78 is 11.5. The molecule has 8 heteroatoms. The smallest absolute Gasteiger partial charge is 0.410 e. The van der Waals surface area contributed by atoms with E-state index < -0.39 is 8.32 Å². The van der Waals surface area contributed by atoms with Crippen molar-refractivity contribution >= 4 is 26.1 Å². The van der Waals surface area contributed by atoms with Crippen LogP contribution in [0, 0.1) is 11.8 Å². The van der Waals surface area contributed by atoms with Crippen molar-refractivity contribution in [2.75, 3.05) is 19.7 Å². The summed E-state index contributed by atoms with van der Waals surface area (Å²) >= 11 is 0. The third-order valence-corrected chi connectivity index (χ3v) is 11.6. The lowest BCUT2D eigenvalue weighted by Crippen LogP contribution is -2.64. The standard InChI is InChI=1S/C23H40N2O5Si/c1-8-13-29-22(28)25-11-9-17(10-12-25)14-18(26)15-19-20(21(27)24-19)16(2)30-31(6,7)23(3,4)5/h8,16-17,19-20H,1,9-15H2,2-7H3,(H,24,27)/t16-,19-,20-/m1/s1. The van der Waals surface area contributed by atoms with Gasteiger partial charge in [-0.25, -0.2) is 4.79 Å². The molecule has 0 spiro atoms. The van der Waals surface area contributed by atoms with Gasteiger partial charge < -0.3 is 19.4 Å². The minimum atomic E-state index is -1.98. The minimum absolute atomic E-state index is 0.0182. The largest absolute Gasteiger partial charge is 0.445 e. The van der Waals surface area contributed by atoms with Gasteiger partial charge in [-0.1, -0.05) is 33.4 Å². The molecule has 176 valence electrons. The molecule has 2 heterocycles. The molecule has 0 radical (unpaired) electrons. The van der Waals surface area contributed by atoms with Gasteiger partial charge in [0, 0.05) is 32.0 Å². The average Bonchev–Trinajstić information content (AvgIpc) is 2.64. The molecule has 3 atom stereocenters. The molecule has 0 bridgehead atoms. The maximum atomic E-state index is 12.7. The van der Waals surface area contributed by atoms with Crippen LogP contribution in [0.25, 0.3) is 0 Å².